The predicted octanol–water partition coefficient (Wildman–Crippen LogP) is 4.84. The van der Waals surface area contributed by atoms with E-state index in [9.17, 15) is 9.59 Å². The summed E-state index contributed by atoms with van der Waals surface area (Å²) >= 11 is 1.53. The lowest BCUT2D eigenvalue weighted by Crippen LogP contribution is -2.18. The molecule has 7 nitrogen and oxygen atoms in total. The normalized spacial score (nSPS) is 10.8. The standard InChI is InChI=1S/C23H21N5O2S/c1-15(2)22(29)24-16-10-12-17(13-11-16)25-23(30)20-26-21(19-9-6-14-31-19)28(27-20)18-7-4-3-5-8-18/h3-15H,1-2H3,(H,24,29)(H,25,30). The van der Waals surface area contributed by atoms with Gasteiger partial charge in [0.2, 0.25) is 11.7 Å². The fourth-order valence-electron chi connectivity index (χ4n) is 2.83. The fraction of sp³-hybridized carbons (Fsp3) is 0.130. The van der Waals surface area contributed by atoms with Gasteiger partial charge in [-0.3, -0.25) is 9.59 Å². The van der Waals surface area contributed by atoms with E-state index in [-0.39, 0.29) is 17.6 Å². The first-order valence-electron chi connectivity index (χ1n) is 9.80. The molecule has 0 aliphatic carbocycles. The molecule has 31 heavy (non-hydrogen) atoms. The predicted molar refractivity (Wildman–Crippen MR) is 123 cm³/mol. The summed E-state index contributed by atoms with van der Waals surface area (Å²) in [5.41, 5.74) is 2.08. The summed E-state index contributed by atoms with van der Waals surface area (Å²) in [6.07, 6.45) is 0. The highest BCUT2D eigenvalue weighted by atomic mass is 32.1. The maximum Gasteiger partial charge on any atom is 0.295 e. The summed E-state index contributed by atoms with van der Waals surface area (Å²) in [6, 6.07) is 20.4. The molecule has 0 fully saturated rings. The molecule has 4 rings (SSSR count). The lowest BCUT2D eigenvalue weighted by Gasteiger charge is -2.08. The van der Waals surface area contributed by atoms with Gasteiger partial charge in [-0.15, -0.1) is 16.4 Å². The van der Waals surface area contributed by atoms with Crippen molar-refractivity contribution in [1.29, 1.82) is 0 Å². The van der Waals surface area contributed by atoms with Gasteiger partial charge in [0.15, 0.2) is 5.82 Å². The number of nitrogens with zero attached hydrogens (tertiary/aromatic N) is 3. The highest BCUT2D eigenvalue weighted by Gasteiger charge is 2.19. The van der Waals surface area contributed by atoms with Crippen LogP contribution in [0.15, 0.2) is 72.1 Å². The number of benzene rings is 2. The van der Waals surface area contributed by atoms with Crippen molar-refractivity contribution in [2.24, 2.45) is 5.92 Å². The summed E-state index contributed by atoms with van der Waals surface area (Å²) in [7, 11) is 0. The lowest BCUT2D eigenvalue weighted by molar-refractivity contribution is -0.118. The molecule has 0 aliphatic rings. The Bertz CT molecular complexity index is 1180. The average molecular weight is 432 g/mol. The Morgan fingerprint density at radius 1 is 0.903 bits per heavy atom. The van der Waals surface area contributed by atoms with Crippen molar-refractivity contribution in [3.05, 3.63) is 77.9 Å². The van der Waals surface area contributed by atoms with Crippen molar-refractivity contribution in [3.63, 3.8) is 0 Å². The van der Waals surface area contributed by atoms with Crippen LogP contribution in [0.4, 0.5) is 11.4 Å². The molecule has 0 bridgehead atoms. The first-order chi connectivity index (χ1) is 15.0. The quantitative estimate of drug-likeness (QED) is 0.457. The molecule has 2 aromatic carbocycles. The van der Waals surface area contributed by atoms with Crippen molar-refractivity contribution in [2.75, 3.05) is 10.6 Å². The second-order valence-corrected chi connectivity index (χ2v) is 8.11. The molecule has 0 saturated carbocycles. The molecule has 156 valence electrons. The Morgan fingerprint density at radius 2 is 1.58 bits per heavy atom. The Hall–Kier alpha value is -3.78. The summed E-state index contributed by atoms with van der Waals surface area (Å²) in [5, 5.41) is 12.0. The minimum atomic E-state index is -0.411. The topological polar surface area (TPSA) is 88.9 Å². The van der Waals surface area contributed by atoms with Crippen LogP contribution in [-0.4, -0.2) is 26.6 Å². The largest absolute Gasteiger partial charge is 0.326 e. The molecule has 0 atom stereocenters. The second-order valence-electron chi connectivity index (χ2n) is 7.16. The van der Waals surface area contributed by atoms with Gasteiger partial charge in [-0.25, -0.2) is 9.67 Å². The van der Waals surface area contributed by atoms with E-state index in [4.69, 9.17) is 0 Å². The van der Waals surface area contributed by atoms with Crippen LogP contribution in [0, 0.1) is 5.92 Å². The zero-order valence-corrected chi connectivity index (χ0v) is 17.9. The molecule has 2 heterocycles. The number of anilines is 2. The Balaban J connectivity index is 1.56. The first-order valence-corrected chi connectivity index (χ1v) is 10.7. The van der Waals surface area contributed by atoms with Gasteiger partial charge >= 0.3 is 0 Å². The van der Waals surface area contributed by atoms with E-state index in [0.717, 1.165) is 10.6 Å². The number of amides is 2. The number of aromatic nitrogens is 3. The van der Waals surface area contributed by atoms with Gasteiger partial charge in [-0.1, -0.05) is 38.1 Å². The second kappa shape index (κ2) is 8.93. The highest BCUT2D eigenvalue weighted by Crippen LogP contribution is 2.26. The van der Waals surface area contributed by atoms with Crippen LogP contribution in [0.2, 0.25) is 0 Å². The fourth-order valence-corrected chi connectivity index (χ4v) is 3.53. The Kier molecular flexibility index (Phi) is 5.90. The van der Waals surface area contributed by atoms with Gasteiger partial charge in [-0.05, 0) is 47.8 Å². The van der Waals surface area contributed by atoms with E-state index >= 15 is 0 Å². The summed E-state index contributed by atoms with van der Waals surface area (Å²) in [5.74, 6) is 0.102. The number of carbonyl (C=O) groups is 2. The molecule has 2 N–H and O–H groups in total. The zero-order valence-electron chi connectivity index (χ0n) is 17.1. The molecule has 0 radical (unpaired) electrons. The van der Waals surface area contributed by atoms with Gasteiger partial charge in [0, 0.05) is 17.3 Å². The third kappa shape index (κ3) is 4.70. The van der Waals surface area contributed by atoms with Crippen molar-refractivity contribution in [1.82, 2.24) is 14.8 Å². The van der Waals surface area contributed by atoms with Gasteiger partial charge in [-0.2, -0.15) is 0 Å². The molecule has 2 aromatic heterocycles. The van der Waals surface area contributed by atoms with Crippen LogP contribution in [0.1, 0.15) is 24.5 Å². The van der Waals surface area contributed by atoms with Gasteiger partial charge in [0.05, 0.1) is 10.6 Å². The molecule has 8 heteroatoms. The van der Waals surface area contributed by atoms with E-state index in [1.54, 1.807) is 28.9 Å². The Labute approximate surface area is 183 Å². The lowest BCUT2D eigenvalue weighted by atomic mass is 10.2. The maximum absolute atomic E-state index is 12.8. The van der Waals surface area contributed by atoms with Gasteiger partial charge < -0.3 is 10.6 Å². The number of para-hydroxylation sites is 1. The van der Waals surface area contributed by atoms with Gasteiger partial charge in [0.1, 0.15) is 0 Å². The smallest absolute Gasteiger partial charge is 0.295 e. The molecule has 2 amide bonds. The molecule has 0 aliphatic heterocycles. The van der Waals surface area contributed by atoms with E-state index in [2.05, 4.69) is 20.7 Å². The van der Waals surface area contributed by atoms with Crippen LogP contribution in [0.25, 0.3) is 16.4 Å². The molecular formula is C23H21N5O2S. The number of rotatable bonds is 6. The SMILES string of the molecule is CC(C)C(=O)Nc1ccc(NC(=O)c2nc(-c3cccs3)n(-c3ccccc3)n2)cc1. The molecular weight excluding hydrogens is 410 g/mol. The molecule has 0 saturated heterocycles. The zero-order chi connectivity index (χ0) is 21.8. The van der Waals surface area contributed by atoms with Crippen LogP contribution in [0.3, 0.4) is 0 Å². The third-order valence-corrected chi connectivity index (χ3v) is 5.35. The molecule has 4 aromatic rings. The molecule has 0 unspecified atom stereocenters. The third-order valence-electron chi connectivity index (χ3n) is 4.49. The van der Waals surface area contributed by atoms with Crippen LogP contribution < -0.4 is 10.6 Å². The summed E-state index contributed by atoms with van der Waals surface area (Å²) in [4.78, 5) is 30.0. The minimum Gasteiger partial charge on any atom is -0.326 e. The van der Waals surface area contributed by atoms with E-state index < -0.39 is 5.91 Å². The van der Waals surface area contributed by atoms with Crippen molar-refractivity contribution in [2.45, 2.75) is 13.8 Å². The van der Waals surface area contributed by atoms with Gasteiger partial charge in [0.25, 0.3) is 5.91 Å². The number of thiophene rings is 1. The van der Waals surface area contributed by atoms with Crippen molar-refractivity contribution < 1.29 is 9.59 Å². The van der Waals surface area contributed by atoms with Crippen LogP contribution in [0.5, 0.6) is 0 Å². The molecule has 0 spiro atoms. The monoisotopic (exact) mass is 431 g/mol. The maximum atomic E-state index is 12.8. The van der Waals surface area contributed by atoms with E-state index in [1.807, 2.05) is 61.7 Å². The van der Waals surface area contributed by atoms with Crippen molar-refractivity contribution >= 4 is 34.5 Å². The van der Waals surface area contributed by atoms with Crippen molar-refractivity contribution in [3.8, 4) is 16.4 Å². The van der Waals surface area contributed by atoms with E-state index in [0.29, 0.717) is 17.2 Å². The Morgan fingerprint density at radius 3 is 2.19 bits per heavy atom. The van der Waals surface area contributed by atoms with Crippen LogP contribution in [-0.2, 0) is 4.79 Å². The summed E-state index contributed by atoms with van der Waals surface area (Å²) < 4.78 is 1.67. The minimum absolute atomic E-state index is 0.0615. The van der Waals surface area contributed by atoms with Crippen LogP contribution >= 0.6 is 11.3 Å². The van der Waals surface area contributed by atoms with E-state index in [1.165, 1.54) is 11.3 Å². The summed E-state index contributed by atoms with van der Waals surface area (Å²) in [6.45, 7) is 3.66. The number of carbonyl (C=O) groups excluding carboxylic acids is 2. The number of hydrogen-bond donors (Lipinski definition) is 2. The highest BCUT2D eigenvalue weighted by molar-refractivity contribution is 7.13. The number of hydrogen-bond acceptors (Lipinski definition) is 5. The average Bonchev–Trinajstić information content (AvgIpc) is 3.45. The number of nitrogens with one attached hydrogen (secondary N) is 2. The first kappa shape index (κ1) is 20.5.